The van der Waals surface area contributed by atoms with Crippen molar-refractivity contribution < 1.29 is 18.7 Å². The minimum absolute atomic E-state index is 0.302. The molecule has 4 nitrogen and oxygen atoms in total. The number of carbonyl (C=O) groups excluding carboxylic acids is 2. The predicted molar refractivity (Wildman–Crippen MR) is 73.3 cm³/mol. The second-order valence-corrected chi connectivity index (χ2v) is 5.01. The number of rotatable bonds is 2. The van der Waals surface area contributed by atoms with Crippen molar-refractivity contribution in [3.63, 3.8) is 0 Å². The van der Waals surface area contributed by atoms with Crippen LogP contribution < -0.4 is 4.90 Å². The fourth-order valence-corrected chi connectivity index (χ4v) is 2.50. The number of benzene rings is 1. The summed E-state index contributed by atoms with van der Waals surface area (Å²) in [5.74, 6) is -1.04. The van der Waals surface area contributed by atoms with Gasteiger partial charge in [0.05, 0.1) is 12.2 Å². The first-order valence-electron chi connectivity index (χ1n) is 6.69. The Morgan fingerprint density at radius 1 is 1.45 bits per heavy atom. The van der Waals surface area contributed by atoms with Crippen molar-refractivity contribution in [3.05, 3.63) is 29.3 Å². The van der Waals surface area contributed by atoms with E-state index in [-0.39, 0.29) is 11.8 Å². The number of hydrogen-bond donors (Lipinski definition) is 0. The minimum atomic E-state index is -1.33. The van der Waals surface area contributed by atoms with Gasteiger partial charge in [0, 0.05) is 18.5 Å². The molecule has 1 aliphatic heterocycles. The van der Waals surface area contributed by atoms with Gasteiger partial charge < -0.3 is 4.74 Å². The van der Waals surface area contributed by atoms with Crippen molar-refractivity contribution in [1.82, 2.24) is 0 Å². The Morgan fingerprint density at radius 3 is 2.75 bits per heavy atom. The van der Waals surface area contributed by atoms with Crippen molar-refractivity contribution >= 4 is 17.6 Å². The van der Waals surface area contributed by atoms with Gasteiger partial charge in [0.2, 0.25) is 5.91 Å². The second kappa shape index (κ2) is 5.61. The maximum Gasteiger partial charge on any atom is 0.338 e. The zero-order chi connectivity index (χ0) is 14.9. The Labute approximate surface area is 117 Å². The van der Waals surface area contributed by atoms with Crippen LogP contribution in [0.4, 0.5) is 10.1 Å². The van der Waals surface area contributed by atoms with Crippen LogP contribution in [0.3, 0.4) is 0 Å². The fourth-order valence-electron chi connectivity index (χ4n) is 2.50. The maximum absolute atomic E-state index is 14.2. The molecule has 2 atom stereocenters. The van der Waals surface area contributed by atoms with Crippen LogP contribution in [-0.4, -0.2) is 24.8 Å². The number of anilines is 1. The van der Waals surface area contributed by atoms with Gasteiger partial charge in [-0.25, -0.2) is 9.18 Å². The van der Waals surface area contributed by atoms with Crippen LogP contribution in [-0.2, 0) is 16.0 Å². The lowest BCUT2D eigenvalue weighted by Gasteiger charge is -2.36. The van der Waals surface area contributed by atoms with Gasteiger partial charge in [0.1, 0.15) is 0 Å². The first kappa shape index (κ1) is 14.5. The number of nitrogens with zero attached hydrogens (tertiary/aromatic N) is 1. The first-order chi connectivity index (χ1) is 9.45. The van der Waals surface area contributed by atoms with Crippen molar-refractivity contribution in [2.45, 2.75) is 33.5 Å². The largest absolute Gasteiger partial charge is 0.462 e. The highest BCUT2D eigenvalue weighted by Crippen LogP contribution is 2.35. The summed E-state index contributed by atoms with van der Waals surface area (Å²) in [6.45, 7) is 5.14. The first-order valence-corrected chi connectivity index (χ1v) is 6.69. The van der Waals surface area contributed by atoms with Gasteiger partial charge in [-0.1, -0.05) is 6.92 Å². The Balaban J connectivity index is 2.41. The average molecular weight is 279 g/mol. The molecule has 1 amide bonds. The normalized spacial score (nSPS) is 21.3. The Morgan fingerprint density at radius 2 is 2.15 bits per heavy atom. The van der Waals surface area contributed by atoms with Gasteiger partial charge in [-0.05, 0) is 37.1 Å². The molecule has 1 aromatic carbocycles. The molecular weight excluding hydrogens is 261 g/mol. The summed E-state index contributed by atoms with van der Waals surface area (Å²) in [6.07, 6.45) is -0.832. The molecule has 0 spiro atoms. The Kier molecular flexibility index (Phi) is 4.06. The van der Waals surface area contributed by atoms with E-state index in [0.29, 0.717) is 24.3 Å². The van der Waals surface area contributed by atoms with Crippen LogP contribution >= 0.6 is 0 Å². The van der Waals surface area contributed by atoms with Crippen molar-refractivity contribution in [2.75, 3.05) is 11.5 Å². The van der Waals surface area contributed by atoms with E-state index in [1.54, 1.807) is 32.0 Å². The molecule has 108 valence electrons. The van der Waals surface area contributed by atoms with Gasteiger partial charge in [0.15, 0.2) is 6.30 Å². The molecule has 0 saturated heterocycles. The molecule has 0 saturated carbocycles. The van der Waals surface area contributed by atoms with Crippen molar-refractivity contribution in [1.29, 1.82) is 0 Å². The third-order valence-corrected chi connectivity index (χ3v) is 3.45. The van der Waals surface area contributed by atoms with Gasteiger partial charge in [-0.15, -0.1) is 0 Å². The van der Waals surface area contributed by atoms with E-state index >= 15 is 0 Å². The van der Waals surface area contributed by atoms with Crippen molar-refractivity contribution in [3.8, 4) is 0 Å². The van der Waals surface area contributed by atoms with Gasteiger partial charge >= 0.3 is 5.97 Å². The van der Waals surface area contributed by atoms with Crippen LogP contribution in [0.1, 0.15) is 36.7 Å². The fraction of sp³-hybridized carbons (Fsp3) is 0.467. The van der Waals surface area contributed by atoms with E-state index < -0.39 is 12.3 Å². The number of halogens is 1. The molecular formula is C15H18FNO3. The standard InChI is InChI=1S/C15H18FNO3/c1-4-20-15(19)11-5-6-13-12(8-11)7-9(2)14(16)17(13)10(3)18/h5-6,8-9,14H,4,7H2,1-3H3/t9?,14-/m1/s1. The van der Waals surface area contributed by atoms with Crippen LogP contribution in [0.25, 0.3) is 0 Å². The molecule has 0 N–H and O–H groups in total. The van der Waals surface area contributed by atoms with Crippen LogP contribution in [0.15, 0.2) is 18.2 Å². The number of carbonyl (C=O) groups is 2. The van der Waals surface area contributed by atoms with Gasteiger partial charge in [0.25, 0.3) is 0 Å². The molecule has 2 rings (SSSR count). The summed E-state index contributed by atoms with van der Waals surface area (Å²) in [7, 11) is 0. The zero-order valence-electron chi connectivity index (χ0n) is 11.9. The summed E-state index contributed by atoms with van der Waals surface area (Å²) in [4.78, 5) is 24.5. The summed E-state index contributed by atoms with van der Waals surface area (Å²) < 4.78 is 19.1. The number of alkyl halides is 1. The van der Waals surface area contributed by atoms with Crippen LogP contribution in [0.2, 0.25) is 0 Å². The molecule has 0 fully saturated rings. The topological polar surface area (TPSA) is 46.6 Å². The third-order valence-electron chi connectivity index (χ3n) is 3.45. The summed E-state index contributed by atoms with van der Waals surface area (Å²) in [5, 5.41) is 0. The molecule has 1 heterocycles. The minimum Gasteiger partial charge on any atom is -0.462 e. The Hall–Kier alpha value is -1.91. The predicted octanol–water partition coefficient (Wildman–Crippen LogP) is 2.70. The lowest BCUT2D eigenvalue weighted by molar-refractivity contribution is -0.118. The monoisotopic (exact) mass is 279 g/mol. The molecule has 0 aromatic heterocycles. The van der Waals surface area contributed by atoms with E-state index in [1.807, 2.05) is 0 Å². The lowest BCUT2D eigenvalue weighted by Crippen LogP contribution is -2.44. The smallest absolute Gasteiger partial charge is 0.338 e. The van der Waals surface area contributed by atoms with Crippen LogP contribution in [0.5, 0.6) is 0 Å². The maximum atomic E-state index is 14.2. The molecule has 0 radical (unpaired) electrons. The zero-order valence-corrected chi connectivity index (χ0v) is 11.9. The summed E-state index contributed by atoms with van der Waals surface area (Å²) in [5.41, 5.74) is 1.77. The molecule has 0 aliphatic carbocycles. The third kappa shape index (κ3) is 2.53. The highest BCUT2D eigenvalue weighted by molar-refractivity contribution is 5.95. The Bertz CT molecular complexity index is 544. The second-order valence-electron chi connectivity index (χ2n) is 5.01. The van der Waals surface area contributed by atoms with Crippen LogP contribution in [0, 0.1) is 5.92 Å². The SMILES string of the molecule is CCOC(=O)c1ccc2c(c1)CC(C)[C@H](F)N2C(C)=O. The van der Waals surface area contributed by atoms with Crippen molar-refractivity contribution in [2.24, 2.45) is 5.92 Å². The van der Waals surface area contributed by atoms with Gasteiger partial charge in [-0.2, -0.15) is 0 Å². The quantitative estimate of drug-likeness (QED) is 0.617. The number of ether oxygens (including phenoxy) is 1. The number of fused-ring (bicyclic) bond motifs is 1. The van der Waals surface area contributed by atoms with E-state index in [4.69, 9.17) is 4.74 Å². The highest BCUT2D eigenvalue weighted by atomic mass is 19.1. The van der Waals surface area contributed by atoms with E-state index in [0.717, 1.165) is 10.5 Å². The number of esters is 1. The molecule has 1 unspecified atom stereocenters. The number of hydrogen-bond acceptors (Lipinski definition) is 3. The van der Waals surface area contributed by atoms with Gasteiger partial charge in [-0.3, -0.25) is 9.69 Å². The molecule has 1 aliphatic rings. The molecule has 5 heteroatoms. The molecule has 1 aromatic rings. The average Bonchev–Trinajstić information content (AvgIpc) is 2.39. The molecule has 0 bridgehead atoms. The highest BCUT2D eigenvalue weighted by Gasteiger charge is 2.34. The summed E-state index contributed by atoms with van der Waals surface area (Å²) >= 11 is 0. The summed E-state index contributed by atoms with van der Waals surface area (Å²) in [6, 6.07) is 4.86. The number of amides is 1. The lowest BCUT2D eigenvalue weighted by atomic mass is 9.91. The van der Waals surface area contributed by atoms with E-state index in [9.17, 15) is 14.0 Å². The molecule has 20 heavy (non-hydrogen) atoms. The van der Waals surface area contributed by atoms with E-state index in [2.05, 4.69) is 0 Å². The van der Waals surface area contributed by atoms with E-state index in [1.165, 1.54) is 6.92 Å².